The van der Waals surface area contributed by atoms with Crippen LogP contribution in [-0.4, -0.2) is 35.8 Å². The van der Waals surface area contributed by atoms with Gasteiger partial charge < -0.3 is 20.9 Å². The third-order valence-electron chi connectivity index (χ3n) is 2.09. The number of pyridine rings is 1. The number of alkyl halides is 2. The Morgan fingerprint density at radius 1 is 1.50 bits per heavy atom. The molecule has 102 valence electrons. The number of aliphatic hydroxyl groups is 1. The molecule has 0 unspecified atom stereocenters. The molecule has 1 aromatic heterocycles. The molecule has 5 nitrogen and oxygen atoms in total. The lowest BCUT2D eigenvalue weighted by atomic mass is 10.3. The van der Waals surface area contributed by atoms with Gasteiger partial charge in [0.2, 0.25) is 5.88 Å². The second-order valence-corrected chi connectivity index (χ2v) is 3.81. The van der Waals surface area contributed by atoms with Crippen LogP contribution in [0.2, 0.25) is 0 Å². The molecular formula is C11H17F2N3O2. The molecule has 7 heteroatoms. The van der Waals surface area contributed by atoms with Crippen molar-refractivity contribution in [1.29, 1.82) is 0 Å². The number of ether oxygens (including phenoxy) is 1. The van der Waals surface area contributed by atoms with Crippen LogP contribution in [0.4, 0.5) is 20.3 Å². The molecule has 0 saturated heterocycles. The van der Waals surface area contributed by atoms with Crippen LogP contribution in [0.5, 0.6) is 5.88 Å². The van der Waals surface area contributed by atoms with Crippen molar-refractivity contribution in [1.82, 2.24) is 4.98 Å². The zero-order valence-corrected chi connectivity index (χ0v) is 10.1. The fourth-order valence-electron chi connectivity index (χ4n) is 1.14. The van der Waals surface area contributed by atoms with Gasteiger partial charge in [-0.3, -0.25) is 0 Å². The number of anilines is 2. The van der Waals surface area contributed by atoms with Gasteiger partial charge in [-0.05, 0) is 18.6 Å². The normalized spacial score (nSPS) is 11.3. The molecule has 0 aromatic carbocycles. The molecule has 0 amide bonds. The molecule has 1 heterocycles. The van der Waals surface area contributed by atoms with Crippen LogP contribution in [0, 0.1) is 0 Å². The van der Waals surface area contributed by atoms with Gasteiger partial charge in [-0.2, -0.15) is 4.98 Å². The molecule has 0 radical (unpaired) electrons. The van der Waals surface area contributed by atoms with Gasteiger partial charge in [0.1, 0.15) is 12.4 Å². The van der Waals surface area contributed by atoms with E-state index in [0.29, 0.717) is 12.3 Å². The Hall–Kier alpha value is -1.63. The van der Waals surface area contributed by atoms with Gasteiger partial charge in [-0.15, -0.1) is 0 Å². The molecule has 0 bridgehead atoms. The van der Waals surface area contributed by atoms with Crippen molar-refractivity contribution in [3.05, 3.63) is 12.1 Å². The summed E-state index contributed by atoms with van der Waals surface area (Å²) in [4.78, 5) is 3.97. The van der Waals surface area contributed by atoms with E-state index in [4.69, 9.17) is 15.6 Å². The zero-order valence-electron chi connectivity index (χ0n) is 10.1. The third kappa shape index (κ3) is 4.33. The minimum Gasteiger partial charge on any atom is -0.476 e. The van der Waals surface area contributed by atoms with Crippen LogP contribution in [0.15, 0.2) is 12.1 Å². The van der Waals surface area contributed by atoms with Crippen molar-refractivity contribution in [2.24, 2.45) is 0 Å². The number of aliphatic hydroxyl groups excluding tert-OH is 1. The summed E-state index contributed by atoms with van der Waals surface area (Å²) in [6.45, 7) is 0.468. The van der Waals surface area contributed by atoms with E-state index in [1.165, 1.54) is 12.1 Å². The summed E-state index contributed by atoms with van der Waals surface area (Å²) < 4.78 is 30.9. The maximum absolute atomic E-state index is 12.8. The second kappa shape index (κ2) is 6.34. The Kier molecular flexibility index (Phi) is 5.08. The highest BCUT2D eigenvalue weighted by molar-refractivity contribution is 5.53. The first-order valence-corrected chi connectivity index (χ1v) is 5.60. The van der Waals surface area contributed by atoms with Gasteiger partial charge in [0, 0.05) is 0 Å². The number of hydrogen-bond acceptors (Lipinski definition) is 5. The summed E-state index contributed by atoms with van der Waals surface area (Å²) in [6.07, 6.45) is 0.793. The average molecular weight is 261 g/mol. The van der Waals surface area contributed by atoms with E-state index >= 15 is 0 Å². The largest absolute Gasteiger partial charge is 0.476 e. The van der Waals surface area contributed by atoms with Gasteiger partial charge >= 0.3 is 0 Å². The standard InChI is InChI=1S/C11H17F2N3O2/c1-2-5-18-10-8(14)3-4-9(16-10)15-6-11(12,13)7-17/h3-4,17H,2,5-7,14H2,1H3,(H,15,16). The van der Waals surface area contributed by atoms with Crippen LogP contribution in [0.25, 0.3) is 0 Å². The Morgan fingerprint density at radius 3 is 2.83 bits per heavy atom. The van der Waals surface area contributed by atoms with Crippen molar-refractivity contribution < 1.29 is 18.6 Å². The Morgan fingerprint density at radius 2 is 2.22 bits per heavy atom. The fourth-order valence-corrected chi connectivity index (χ4v) is 1.14. The van der Waals surface area contributed by atoms with E-state index in [-0.39, 0.29) is 11.7 Å². The topological polar surface area (TPSA) is 80.4 Å². The van der Waals surface area contributed by atoms with E-state index < -0.39 is 19.1 Å². The van der Waals surface area contributed by atoms with Crippen LogP contribution in [0.3, 0.4) is 0 Å². The van der Waals surface area contributed by atoms with Crippen molar-refractivity contribution in [2.75, 3.05) is 30.8 Å². The molecule has 4 N–H and O–H groups in total. The minimum absolute atomic E-state index is 0.217. The Labute approximate surface area is 104 Å². The highest BCUT2D eigenvalue weighted by Crippen LogP contribution is 2.22. The van der Waals surface area contributed by atoms with Gasteiger partial charge in [-0.1, -0.05) is 6.92 Å². The first kappa shape index (κ1) is 14.4. The number of nitrogens with one attached hydrogen (secondary N) is 1. The molecule has 1 aromatic rings. The predicted octanol–water partition coefficient (Wildman–Crippen LogP) is 1.49. The molecule has 0 aliphatic rings. The maximum atomic E-state index is 12.8. The van der Waals surface area contributed by atoms with E-state index in [1.807, 2.05) is 6.92 Å². The molecule has 1 rings (SSSR count). The maximum Gasteiger partial charge on any atom is 0.287 e. The number of nitrogens with two attached hydrogens (primary N) is 1. The number of nitrogens with zero attached hydrogens (tertiary/aromatic N) is 1. The molecule has 0 aliphatic heterocycles. The van der Waals surface area contributed by atoms with E-state index in [2.05, 4.69) is 10.3 Å². The zero-order chi connectivity index (χ0) is 13.6. The quantitative estimate of drug-likeness (QED) is 0.693. The first-order valence-electron chi connectivity index (χ1n) is 5.60. The van der Waals surface area contributed by atoms with Crippen molar-refractivity contribution >= 4 is 11.5 Å². The molecule has 0 fully saturated rings. The minimum atomic E-state index is -3.19. The van der Waals surface area contributed by atoms with Crippen molar-refractivity contribution in [2.45, 2.75) is 19.3 Å². The summed E-state index contributed by atoms with van der Waals surface area (Å²) in [7, 11) is 0. The molecular weight excluding hydrogens is 244 g/mol. The predicted molar refractivity (Wildman–Crippen MR) is 65.0 cm³/mol. The SMILES string of the molecule is CCCOc1nc(NCC(F)(F)CO)ccc1N. The van der Waals surface area contributed by atoms with E-state index in [1.54, 1.807) is 0 Å². The average Bonchev–Trinajstić information content (AvgIpc) is 2.36. The lowest BCUT2D eigenvalue weighted by Crippen LogP contribution is -2.31. The van der Waals surface area contributed by atoms with Gasteiger partial charge in [0.15, 0.2) is 0 Å². The number of nitrogen functional groups attached to an aromatic ring is 1. The third-order valence-corrected chi connectivity index (χ3v) is 2.09. The van der Waals surface area contributed by atoms with Gasteiger partial charge in [0.25, 0.3) is 5.92 Å². The molecule has 0 saturated carbocycles. The van der Waals surface area contributed by atoms with Crippen LogP contribution < -0.4 is 15.8 Å². The van der Waals surface area contributed by atoms with Crippen LogP contribution >= 0.6 is 0 Å². The highest BCUT2D eigenvalue weighted by Gasteiger charge is 2.27. The lowest BCUT2D eigenvalue weighted by Gasteiger charge is -2.15. The monoisotopic (exact) mass is 261 g/mol. The van der Waals surface area contributed by atoms with Crippen molar-refractivity contribution in [3.8, 4) is 5.88 Å². The van der Waals surface area contributed by atoms with Crippen molar-refractivity contribution in [3.63, 3.8) is 0 Å². The first-order chi connectivity index (χ1) is 8.48. The summed E-state index contributed by atoms with van der Waals surface area (Å²) >= 11 is 0. The molecule has 0 atom stereocenters. The second-order valence-electron chi connectivity index (χ2n) is 3.81. The molecule has 0 aliphatic carbocycles. The van der Waals surface area contributed by atoms with Gasteiger partial charge in [-0.25, -0.2) is 8.78 Å². The molecule has 0 spiro atoms. The Balaban J connectivity index is 2.67. The summed E-state index contributed by atoms with van der Waals surface area (Å²) in [5, 5.41) is 10.9. The number of rotatable bonds is 7. The number of aromatic nitrogens is 1. The molecule has 18 heavy (non-hydrogen) atoms. The summed E-state index contributed by atoms with van der Waals surface area (Å²) in [5.74, 6) is -2.74. The number of hydrogen-bond donors (Lipinski definition) is 3. The summed E-state index contributed by atoms with van der Waals surface area (Å²) in [6, 6.07) is 3.00. The lowest BCUT2D eigenvalue weighted by molar-refractivity contribution is -0.0373. The number of halogens is 2. The van der Waals surface area contributed by atoms with Crippen LogP contribution in [0.1, 0.15) is 13.3 Å². The highest BCUT2D eigenvalue weighted by atomic mass is 19.3. The van der Waals surface area contributed by atoms with E-state index in [0.717, 1.165) is 6.42 Å². The van der Waals surface area contributed by atoms with Gasteiger partial charge in [0.05, 0.1) is 18.8 Å². The van der Waals surface area contributed by atoms with Crippen LogP contribution in [-0.2, 0) is 0 Å². The van der Waals surface area contributed by atoms with E-state index in [9.17, 15) is 8.78 Å². The summed E-state index contributed by atoms with van der Waals surface area (Å²) in [5.41, 5.74) is 5.98. The Bertz CT molecular complexity index is 389. The smallest absolute Gasteiger partial charge is 0.287 e. The fraction of sp³-hybridized carbons (Fsp3) is 0.545.